The van der Waals surface area contributed by atoms with E-state index >= 15 is 8.78 Å². The van der Waals surface area contributed by atoms with E-state index in [9.17, 15) is 9.50 Å². The van der Waals surface area contributed by atoms with Crippen LogP contribution in [0.5, 0.6) is 17.6 Å². The summed E-state index contributed by atoms with van der Waals surface area (Å²) in [5, 5.41) is 14.7. The number of hydrogen-bond donors (Lipinski definition) is 2. The summed E-state index contributed by atoms with van der Waals surface area (Å²) in [4.78, 5) is 17.9. The van der Waals surface area contributed by atoms with Crippen molar-refractivity contribution >= 4 is 27.5 Å². The summed E-state index contributed by atoms with van der Waals surface area (Å²) in [5.74, 6) is -0.0207. The number of hydrogen-bond acceptors (Lipinski definition) is 9. The van der Waals surface area contributed by atoms with Crippen LogP contribution in [0.4, 0.5) is 19.0 Å². The molecule has 2 unspecified atom stereocenters. The van der Waals surface area contributed by atoms with Gasteiger partial charge in [-0.05, 0) is 74.2 Å². The van der Waals surface area contributed by atoms with Gasteiger partial charge < -0.3 is 24.8 Å². The Morgan fingerprint density at radius 3 is 2.90 bits per heavy atom. The number of anilines is 1. The summed E-state index contributed by atoms with van der Waals surface area (Å²) in [6.45, 7) is 4.43. The Balaban J connectivity index is 1.36. The fourth-order valence-corrected chi connectivity index (χ4v) is 8.59. The summed E-state index contributed by atoms with van der Waals surface area (Å²) >= 11 is 0. The summed E-state index contributed by atoms with van der Waals surface area (Å²) in [6, 6.07) is 5.00. The van der Waals surface area contributed by atoms with Gasteiger partial charge in [0.2, 0.25) is 5.88 Å². The third kappa shape index (κ3) is 5.05. The highest BCUT2D eigenvalue weighted by Crippen LogP contribution is 2.45. The first kappa shape index (κ1) is 28.3. The van der Waals surface area contributed by atoms with Gasteiger partial charge in [-0.15, -0.1) is 6.42 Å². The van der Waals surface area contributed by atoms with Gasteiger partial charge in [0.25, 0.3) is 0 Å². The minimum atomic E-state index is -3.03. The first-order valence-electron chi connectivity index (χ1n) is 18.1. The molecular formula is C37H37F3N6O3. The molecule has 12 heteroatoms. The van der Waals surface area contributed by atoms with Crippen LogP contribution in [0.25, 0.3) is 32.9 Å². The van der Waals surface area contributed by atoms with E-state index in [4.69, 9.17) is 25.0 Å². The lowest BCUT2D eigenvalue weighted by Gasteiger charge is -2.42. The largest absolute Gasteiger partial charge is 0.508 e. The topological polar surface area (TPSA) is 95.9 Å². The zero-order chi connectivity index (χ0) is 36.6. The second-order valence-electron chi connectivity index (χ2n) is 13.8. The predicted octanol–water partition coefficient (Wildman–Crippen LogP) is 6.01. The molecule has 4 fully saturated rings. The minimum Gasteiger partial charge on any atom is -0.508 e. The average Bonchev–Trinajstić information content (AvgIpc) is 3.77. The van der Waals surface area contributed by atoms with E-state index in [0.717, 1.165) is 44.7 Å². The lowest BCUT2D eigenvalue weighted by atomic mass is 9.93. The molecule has 0 saturated carbocycles. The van der Waals surface area contributed by atoms with Gasteiger partial charge in [0.15, 0.2) is 5.82 Å². The van der Waals surface area contributed by atoms with Crippen molar-refractivity contribution in [2.45, 2.75) is 62.6 Å². The molecule has 3 atom stereocenters. The Hall–Kier alpha value is -4.60. The zero-order valence-electron chi connectivity index (χ0n) is 30.0. The maximum Gasteiger partial charge on any atom is 0.319 e. The highest BCUT2D eigenvalue weighted by Gasteiger charge is 2.48. The molecule has 2 N–H and O–H groups in total. The van der Waals surface area contributed by atoms with Crippen LogP contribution in [0, 0.1) is 24.0 Å². The smallest absolute Gasteiger partial charge is 0.319 e. The number of ether oxygens (including phenoxy) is 2. The van der Waals surface area contributed by atoms with Gasteiger partial charge in [0, 0.05) is 42.2 Å². The maximum atomic E-state index is 17.3. The van der Waals surface area contributed by atoms with Crippen LogP contribution >= 0.6 is 0 Å². The van der Waals surface area contributed by atoms with Crippen molar-refractivity contribution in [3.05, 3.63) is 53.4 Å². The lowest BCUT2D eigenvalue weighted by molar-refractivity contribution is 0.108. The third-order valence-corrected chi connectivity index (χ3v) is 11.0. The molecule has 6 heterocycles. The van der Waals surface area contributed by atoms with E-state index in [0.29, 0.717) is 43.3 Å². The van der Waals surface area contributed by atoms with E-state index < -0.39 is 35.8 Å². The number of rotatable bonds is 7. The molecule has 0 radical (unpaired) electrons. The van der Waals surface area contributed by atoms with Crippen LogP contribution in [0.2, 0.25) is 0 Å². The molecule has 49 heavy (non-hydrogen) atoms. The number of phenolic OH excluding ortho intramolecular Hbond substituents is 1. The molecule has 2 aromatic carbocycles. The maximum absolute atomic E-state index is 17.3. The van der Waals surface area contributed by atoms with Crippen LogP contribution in [-0.2, 0) is 0 Å². The van der Waals surface area contributed by atoms with Crippen LogP contribution in [0.15, 0.2) is 36.2 Å². The van der Waals surface area contributed by atoms with E-state index in [1.165, 1.54) is 18.2 Å². The lowest BCUT2D eigenvalue weighted by Crippen LogP contribution is -2.59. The quantitative estimate of drug-likeness (QED) is 0.229. The van der Waals surface area contributed by atoms with E-state index in [2.05, 4.69) is 33.0 Å². The van der Waals surface area contributed by atoms with Gasteiger partial charge in [-0.2, -0.15) is 9.97 Å². The van der Waals surface area contributed by atoms with Crippen molar-refractivity contribution in [3.8, 4) is 41.2 Å². The average molecular weight is 674 g/mol. The molecule has 4 aliphatic rings. The zero-order valence-corrected chi connectivity index (χ0v) is 27.0. The fraction of sp³-hybridized carbons (Fsp3) is 0.432. The molecule has 4 saturated heterocycles. The third-order valence-electron chi connectivity index (χ3n) is 11.0. The molecular weight excluding hydrogens is 633 g/mol. The first-order chi connectivity index (χ1) is 24.8. The molecule has 4 aromatic rings. The SMILES string of the molecule is [2H]C([2H])([2H])Oc1nc(-c2cc(O)cc3ccc(F)c(C#C)c23)c(F)c2nc(OC[C@@]34CCCN3C/C(=C/F)C4)nc(N3CC4CCC(CC)(C3)N4)c12. The minimum absolute atomic E-state index is 0.0748. The van der Waals surface area contributed by atoms with Crippen molar-refractivity contribution in [3.63, 3.8) is 0 Å². The van der Waals surface area contributed by atoms with Crippen molar-refractivity contribution in [2.75, 3.05) is 44.7 Å². The van der Waals surface area contributed by atoms with Gasteiger partial charge in [-0.1, -0.05) is 18.9 Å². The molecule has 2 bridgehead atoms. The van der Waals surface area contributed by atoms with Crippen LogP contribution in [0.3, 0.4) is 0 Å². The van der Waals surface area contributed by atoms with Gasteiger partial charge in [-0.3, -0.25) is 4.90 Å². The molecule has 0 spiro atoms. The number of fused-ring (bicyclic) bond motifs is 5. The van der Waals surface area contributed by atoms with Gasteiger partial charge in [-0.25, -0.2) is 18.2 Å². The summed E-state index contributed by atoms with van der Waals surface area (Å²) < 4.78 is 81.9. The second kappa shape index (κ2) is 11.8. The highest BCUT2D eigenvalue weighted by atomic mass is 19.1. The fourth-order valence-electron chi connectivity index (χ4n) is 8.59. The molecule has 8 rings (SSSR count). The number of methoxy groups -OCH3 is 1. The number of phenols is 1. The Kier molecular flexibility index (Phi) is 6.79. The number of halogens is 3. The molecule has 254 valence electrons. The second-order valence-corrected chi connectivity index (χ2v) is 13.8. The van der Waals surface area contributed by atoms with Gasteiger partial charge in [0.1, 0.15) is 40.6 Å². The van der Waals surface area contributed by atoms with E-state index in [-0.39, 0.29) is 63.2 Å². The van der Waals surface area contributed by atoms with E-state index in [1.54, 1.807) is 0 Å². The number of aromatic hydroxyl groups is 1. The molecule has 0 aliphatic carbocycles. The monoisotopic (exact) mass is 673 g/mol. The van der Waals surface area contributed by atoms with Crippen LogP contribution in [-0.4, -0.2) is 81.9 Å². The molecule has 4 aliphatic heterocycles. The van der Waals surface area contributed by atoms with Crippen molar-refractivity contribution < 1.29 is 31.9 Å². The van der Waals surface area contributed by atoms with E-state index in [1.807, 2.05) is 4.90 Å². The summed E-state index contributed by atoms with van der Waals surface area (Å²) in [7, 11) is -3.03. The van der Waals surface area contributed by atoms with Crippen LogP contribution < -0.4 is 19.7 Å². The number of nitrogens with zero attached hydrogens (tertiary/aromatic N) is 5. The van der Waals surface area contributed by atoms with Gasteiger partial charge in [0.05, 0.1) is 28.6 Å². The molecule has 2 aromatic heterocycles. The number of nitrogens with one attached hydrogen (secondary N) is 1. The first-order valence-corrected chi connectivity index (χ1v) is 16.6. The summed E-state index contributed by atoms with van der Waals surface area (Å²) in [5.41, 5.74) is -1.17. The summed E-state index contributed by atoms with van der Waals surface area (Å²) in [6.07, 6.45) is 11.1. The Morgan fingerprint density at radius 2 is 2.10 bits per heavy atom. The highest BCUT2D eigenvalue weighted by molar-refractivity contribution is 6.04. The number of piperazine rings is 1. The van der Waals surface area contributed by atoms with Gasteiger partial charge >= 0.3 is 6.01 Å². The Labute approximate surface area is 286 Å². The Bertz CT molecular complexity index is 2200. The molecule has 9 nitrogen and oxygen atoms in total. The normalized spacial score (nSPS) is 26.9. The van der Waals surface area contributed by atoms with Crippen molar-refractivity contribution in [1.82, 2.24) is 25.2 Å². The van der Waals surface area contributed by atoms with Crippen molar-refractivity contribution in [1.29, 1.82) is 0 Å². The van der Waals surface area contributed by atoms with Crippen molar-refractivity contribution in [2.24, 2.45) is 0 Å². The predicted molar refractivity (Wildman–Crippen MR) is 181 cm³/mol. The van der Waals surface area contributed by atoms with Crippen LogP contribution in [0.1, 0.15) is 55.1 Å². The Morgan fingerprint density at radius 1 is 1.22 bits per heavy atom. The molecule has 0 amide bonds. The standard InChI is InChI=1S/C37H37F3N6O3/c1-4-25-27(39)8-7-22-13-24(47)14-26(28(22)25)31-30(40)32-29(34(41-31)48-3)33(45-18-23-9-11-36(5-2,19-45)44-23)43-35(42-32)49-20-37-10-6-12-46(37)17-21(15-37)16-38/h1,7-8,13-14,16,23,44,47H,5-6,9-12,15,17-20H2,2-3H3/b21-16+/t23?,36?,37-/m0/s1/i3D3. The number of pyridine rings is 1. The number of aromatic nitrogens is 3. The number of terminal acetylenes is 1. The number of benzene rings is 2.